The molecule has 0 spiro atoms. The summed E-state index contributed by atoms with van der Waals surface area (Å²) in [5.74, 6) is 1.77. The largest absolute Gasteiger partial charge is 0.494 e. The highest BCUT2D eigenvalue weighted by Gasteiger charge is 2.01. The number of nitrogens with zero attached hydrogens (tertiary/aromatic N) is 3. The summed E-state index contributed by atoms with van der Waals surface area (Å²) in [4.78, 5) is 4.60. The van der Waals surface area contributed by atoms with Crippen molar-refractivity contribution in [1.29, 1.82) is 0 Å². The molecule has 7 heteroatoms. The Hall–Kier alpha value is -1.77. The topological polar surface area (TPSA) is 63.5 Å². The van der Waals surface area contributed by atoms with E-state index in [1.807, 2.05) is 37.3 Å². The summed E-state index contributed by atoms with van der Waals surface area (Å²) in [6, 6.07) is 12.0. The lowest BCUT2D eigenvalue weighted by Crippen LogP contribution is -2.38. The number of ether oxygens (including phenoxy) is 1. The molecular weight excluding hydrogens is 453 g/mol. The van der Waals surface area contributed by atoms with Gasteiger partial charge in [-0.05, 0) is 45.4 Å². The smallest absolute Gasteiger partial charge is 0.191 e. The van der Waals surface area contributed by atoms with Gasteiger partial charge in [0.25, 0.3) is 0 Å². The van der Waals surface area contributed by atoms with Crippen molar-refractivity contribution in [3.05, 3.63) is 47.8 Å². The van der Waals surface area contributed by atoms with Gasteiger partial charge in [-0.25, -0.2) is 0 Å². The quantitative estimate of drug-likeness (QED) is 0.234. The van der Waals surface area contributed by atoms with Crippen LogP contribution in [0.1, 0.15) is 31.2 Å². The molecule has 0 aliphatic rings. The number of para-hydroxylation sites is 1. The molecular formula is C20H32IN5O. The second-order valence-electron chi connectivity index (χ2n) is 6.21. The molecule has 0 atom stereocenters. The normalized spacial score (nSPS) is 11.0. The van der Waals surface area contributed by atoms with Crippen molar-refractivity contribution in [2.45, 2.75) is 40.2 Å². The van der Waals surface area contributed by atoms with Gasteiger partial charge in [0, 0.05) is 38.3 Å². The van der Waals surface area contributed by atoms with Crippen LogP contribution in [0.5, 0.6) is 5.75 Å². The second kappa shape index (κ2) is 13.4. The molecule has 1 heterocycles. The number of hydrogen-bond acceptors (Lipinski definition) is 3. The fraction of sp³-hybridized carbons (Fsp3) is 0.500. The summed E-state index contributed by atoms with van der Waals surface area (Å²) in [5, 5.41) is 11.2. The van der Waals surface area contributed by atoms with Gasteiger partial charge in [0.1, 0.15) is 5.75 Å². The highest BCUT2D eigenvalue weighted by molar-refractivity contribution is 14.0. The minimum Gasteiger partial charge on any atom is -0.494 e. The van der Waals surface area contributed by atoms with Crippen molar-refractivity contribution in [2.24, 2.45) is 4.99 Å². The first kappa shape index (κ1) is 23.3. The van der Waals surface area contributed by atoms with Crippen LogP contribution in [0.25, 0.3) is 0 Å². The average molecular weight is 485 g/mol. The van der Waals surface area contributed by atoms with E-state index in [4.69, 9.17) is 4.74 Å². The molecule has 150 valence electrons. The van der Waals surface area contributed by atoms with Crippen LogP contribution < -0.4 is 15.4 Å². The van der Waals surface area contributed by atoms with E-state index in [2.05, 4.69) is 45.3 Å². The number of hydrogen-bond donors (Lipinski definition) is 2. The van der Waals surface area contributed by atoms with E-state index in [1.165, 1.54) is 5.69 Å². The molecule has 6 nitrogen and oxygen atoms in total. The molecule has 2 N–H and O–H groups in total. The third-order valence-corrected chi connectivity index (χ3v) is 3.87. The maximum absolute atomic E-state index is 5.69. The summed E-state index contributed by atoms with van der Waals surface area (Å²) in [5.41, 5.74) is 2.28. The Morgan fingerprint density at radius 3 is 2.59 bits per heavy atom. The summed E-state index contributed by atoms with van der Waals surface area (Å²) in [7, 11) is 0. The van der Waals surface area contributed by atoms with E-state index >= 15 is 0 Å². The molecule has 0 bridgehead atoms. The fourth-order valence-electron chi connectivity index (χ4n) is 2.64. The van der Waals surface area contributed by atoms with Crippen LogP contribution in [0.15, 0.2) is 41.4 Å². The molecule has 0 saturated heterocycles. The van der Waals surface area contributed by atoms with Crippen LogP contribution in [0.4, 0.5) is 0 Å². The number of aliphatic imine (C=N–C) groups is 1. The van der Waals surface area contributed by atoms with Crippen molar-refractivity contribution in [2.75, 3.05) is 26.2 Å². The maximum atomic E-state index is 5.69. The van der Waals surface area contributed by atoms with Gasteiger partial charge in [0.15, 0.2) is 5.96 Å². The average Bonchev–Trinajstić information content (AvgIpc) is 2.96. The maximum Gasteiger partial charge on any atom is 0.191 e. The molecule has 0 saturated carbocycles. The SMILES string of the molecule is CCNC(=NCCCOc1ccccc1)NCCCn1nc(C)cc1C.I. The lowest BCUT2D eigenvalue weighted by molar-refractivity contribution is 0.313. The lowest BCUT2D eigenvalue weighted by atomic mass is 10.3. The third-order valence-electron chi connectivity index (χ3n) is 3.87. The molecule has 27 heavy (non-hydrogen) atoms. The molecule has 1 aromatic carbocycles. The van der Waals surface area contributed by atoms with Gasteiger partial charge < -0.3 is 15.4 Å². The van der Waals surface area contributed by atoms with E-state index in [9.17, 15) is 0 Å². The van der Waals surface area contributed by atoms with Crippen LogP contribution in [-0.4, -0.2) is 42.0 Å². The molecule has 0 radical (unpaired) electrons. The van der Waals surface area contributed by atoms with Gasteiger partial charge in [0.05, 0.1) is 12.3 Å². The van der Waals surface area contributed by atoms with Gasteiger partial charge in [-0.15, -0.1) is 24.0 Å². The number of halogens is 1. The van der Waals surface area contributed by atoms with E-state index in [0.717, 1.165) is 56.4 Å². The zero-order valence-corrected chi connectivity index (χ0v) is 18.9. The van der Waals surface area contributed by atoms with Crippen LogP contribution in [-0.2, 0) is 6.54 Å². The van der Waals surface area contributed by atoms with Gasteiger partial charge in [-0.3, -0.25) is 9.67 Å². The Labute approximate surface area is 179 Å². The van der Waals surface area contributed by atoms with Crippen molar-refractivity contribution in [3.63, 3.8) is 0 Å². The predicted molar refractivity (Wildman–Crippen MR) is 122 cm³/mol. The number of rotatable bonds is 10. The molecule has 1 aromatic heterocycles. The summed E-state index contributed by atoms with van der Waals surface area (Å²) < 4.78 is 7.75. The van der Waals surface area contributed by atoms with Gasteiger partial charge in [-0.1, -0.05) is 18.2 Å². The number of nitrogens with one attached hydrogen (secondary N) is 2. The number of guanidine groups is 1. The Morgan fingerprint density at radius 2 is 1.93 bits per heavy atom. The zero-order chi connectivity index (χ0) is 18.6. The first-order valence-corrected chi connectivity index (χ1v) is 9.40. The molecule has 0 aliphatic carbocycles. The van der Waals surface area contributed by atoms with Crippen LogP contribution in [0.2, 0.25) is 0 Å². The Morgan fingerprint density at radius 1 is 1.15 bits per heavy atom. The van der Waals surface area contributed by atoms with E-state index < -0.39 is 0 Å². The minimum atomic E-state index is 0. The lowest BCUT2D eigenvalue weighted by Gasteiger charge is -2.12. The minimum absolute atomic E-state index is 0. The third kappa shape index (κ3) is 9.12. The molecule has 2 aromatic rings. The van der Waals surface area contributed by atoms with Gasteiger partial charge in [0.2, 0.25) is 0 Å². The summed E-state index contributed by atoms with van der Waals surface area (Å²) >= 11 is 0. The van der Waals surface area contributed by atoms with E-state index in [0.29, 0.717) is 6.61 Å². The molecule has 2 rings (SSSR count). The Bertz CT molecular complexity index is 672. The second-order valence-corrected chi connectivity index (χ2v) is 6.21. The molecule has 0 amide bonds. The van der Waals surface area contributed by atoms with Crippen LogP contribution >= 0.6 is 24.0 Å². The molecule has 0 unspecified atom stereocenters. The first-order chi connectivity index (χ1) is 12.7. The van der Waals surface area contributed by atoms with Crippen molar-refractivity contribution < 1.29 is 4.74 Å². The fourth-order valence-corrected chi connectivity index (χ4v) is 2.64. The van der Waals surface area contributed by atoms with Crippen LogP contribution in [0, 0.1) is 13.8 Å². The summed E-state index contributed by atoms with van der Waals surface area (Å²) in [6.07, 6.45) is 1.89. The first-order valence-electron chi connectivity index (χ1n) is 9.40. The standard InChI is InChI=1S/C20H31N5O.HI/c1-4-21-20(22-12-8-14-25-18(3)16-17(2)24-25)23-13-9-15-26-19-10-6-5-7-11-19;/h5-7,10-11,16H,4,8-9,12-15H2,1-3H3,(H2,21,22,23);1H. The highest BCUT2D eigenvalue weighted by Crippen LogP contribution is 2.08. The van der Waals surface area contributed by atoms with Crippen molar-refractivity contribution in [1.82, 2.24) is 20.4 Å². The number of aromatic nitrogens is 2. The zero-order valence-electron chi connectivity index (χ0n) is 16.6. The highest BCUT2D eigenvalue weighted by atomic mass is 127. The number of aryl methyl sites for hydroxylation is 3. The number of benzene rings is 1. The van der Waals surface area contributed by atoms with Crippen LogP contribution in [0.3, 0.4) is 0 Å². The molecule has 0 aliphatic heterocycles. The van der Waals surface area contributed by atoms with Gasteiger partial charge >= 0.3 is 0 Å². The Balaban J connectivity index is 0.00000364. The van der Waals surface area contributed by atoms with Crippen molar-refractivity contribution >= 4 is 29.9 Å². The van der Waals surface area contributed by atoms with Gasteiger partial charge in [-0.2, -0.15) is 5.10 Å². The predicted octanol–water partition coefficient (Wildman–Crippen LogP) is 3.53. The van der Waals surface area contributed by atoms with E-state index in [-0.39, 0.29) is 24.0 Å². The Kier molecular flexibility index (Phi) is 11.6. The summed E-state index contributed by atoms with van der Waals surface area (Å²) in [6.45, 7) is 10.2. The monoisotopic (exact) mass is 485 g/mol. The van der Waals surface area contributed by atoms with E-state index in [1.54, 1.807) is 0 Å². The van der Waals surface area contributed by atoms with Crippen molar-refractivity contribution in [3.8, 4) is 5.75 Å². The molecule has 0 fully saturated rings.